The fourth-order valence-corrected chi connectivity index (χ4v) is 5.48. The summed E-state index contributed by atoms with van der Waals surface area (Å²) in [7, 11) is 0. The molecule has 0 saturated heterocycles. The van der Waals surface area contributed by atoms with E-state index in [1.807, 2.05) is 0 Å². The van der Waals surface area contributed by atoms with Crippen molar-refractivity contribution < 1.29 is 4.52 Å². The summed E-state index contributed by atoms with van der Waals surface area (Å²) < 4.78 is 6.52. The Morgan fingerprint density at radius 2 is 2.06 bits per heavy atom. The van der Waals surface area contributed by atoms with E-state index in [1.165, 1.54) is 11.1 Å². The van der Waals surface area contributed by atoms with Gasteiger partial charge in [0.05, 0.1) is 11.9 Å². The normalized spacial score (nSPS) is 26.3. The van der Waals surface area contributed by atoms with Gasteiger partial charge in [-0.15, -0.1) is 0 Å². The summed E-state index contributed by atoms with van der Waals surface area (Å²) >= 11 is 6.43. The van der Waals surface area contributed by atoms with Gasteiger partial charge in [0, 0.05) is 24.0 Å². The number of fused-ring (bicyclic) bond motifs is 2. The summed E-state index contributed by atoms with van der Waals surface area (Å²) in [4.78, 5) is 21.1. The van der Waals surface area contributed by atoms with Crippen LogP contribution in [0.5, 0.6) is 0 Å². The Balaban J connectivity index is 1.31. The molecular formula is C22H25ClN6O2. The van der Waals surface area contributed by atoms with Gasteiger partial charge in [0.1, 0.15) is 11.6 Å². The number of rotatable bonds is 5. The van der Waals surface area contributed by atoms with E-state index in [2.05, 4.69) is 46.3 Å². The molecule has 162 valence electrons. The second kappa shape index (κ2) is 7.44. The van der Waals surface area contributed by atoms with Crippen LogP contribution in [0, 0.1) is 23.2 Å². The zero-order chi connectivity index (χ0) is 21.8. The molecule has 4 atom stereocenters. The van der Waals surface area contributed by atoms with E-state index < -0.39 is 0 Å². The van der Waals surface area contributed by atoms with Crippen molar-refractivity contribution in [1.29, 1.82) is 0 Å². The summed E-state index contributed by atoms with van der Waals surface area (Å²) in [5, 5.41) is 11.9. The van der Waals surface area contributed by atoms with E-state index in [0.29, 0.717) is 40.7 Å². The van der Waals surface area contributed by atoms with E-state index in [9.17, 15) is 4.79 Å². The van der Waals surface area contributed by atoms with Crippen molar-refractivity contribution in [2.45, 2.75) is 46.2 Å². The average molecular weight is 441 g/mol. The van der Waals surface area contributed by atoms with Crippen molar-refractivity contribution in [2.75, 3.05) is 5.32 Å². The Kier molecular flexibility index (Phi) is 4.84. The molecule has 6 rings (SSSR count). The van der Waals surface area contributed by atoms with E-state index >= 15 is 0 Å². The molecule has 3 heterocycles. The lowest BCUT2D eigenvalue weighted by atomic mass is 9.45. The standard InChI is InChI=1S/C22H25ClN6O2/c1-12-15-8-14(22(15,2)3)9-16(12)26-17-10-25-29(21(30)19(17)23)11-18-27-20(28-31-18)13-4-6-24-7-5-13/h4-7,10,12,14-16,26H,8-9,11H2,1-3H3/t12-,14-,15+,16-/m1/s1. The lowest BCUT2D eigenvalue weighted by Crippen LogP contribution is -2.58. The number of hydrogen-bond acceptors (Lipinski definition) is 7. The number of nitrogens with zero attached hydrogens (tertiary/aromatic N) is 5. The fourth-order valence-electron chi connectivity index (χ4n) is 5.28. The highest BCUT2D eigenvalue weighted by Crippen LogP contribution is 2.61. The van der Waals surface area contributed by atoms with Crippen LogP contribution >= 0.6 is 11.6 Å². The van der Waals surface area contributed by atoms with Gasteiger partial charge < -0.3 is 9.84 Å². The first-order valence-corrected chi connectivity index (χ1v) is 11.0. The van der Waals surface area contributed by atoms with Gasteiger partial charge in [-0.05, 0) is 48.1 Å². The molecule has 0 aromatic carbocycles. The van der Waals surface area contributed by atoms with Crippen molar-refractivity contribution in [3.05, 3.63) is 52.0 Å². The van der Waals surface area contributed by atoms with Crippen molar-refractivity contribution in [1.82, 2.24) is 24.9 Å². The maximum atomic E-state index is 12.8. The first-order chi connectivity index (χ1) is 14.8. The number of anilines is 1. The van der Waals surface area contributed by atoms with Gasteiger partial charge in [-0.25, -0.2) is 4.68 Å². The molecule has 3 aromatic heterocycles. The molecule has 2 bridgehead atoms. The lowest BCUT2D eigenvalue weighted by Gasteiger charge is -2.62. The average Bonchev–Trinajstić information content (AvgIpc) is 3.23. The minimum atomic E-state index is -0.385. The predicted octanol–water partition coefficient (Wildman–Crippen LogP) is 3.87. The molecule has 3 saturated carbocycles. The van der Waals surface area contributed by atoms with E-state index in [-0.39, 0.29) is 23.0 Å². The summed E-state index contributed by atoms with van der Waals surface area (Å²) in [6.07, 6.45) is 7.30. The van der Waals surface area contributed by atoms with Gasteiger partial charge in [-0.1, -0.05) is 37.5 Å². The molecule has 0 spiro atoms. The molecule has 3 aliphatic carbocycles. The number of hydrogen-bond donors (Lipinski definition) is 1. The maximum absolute atomic E-state index is 12.8. The van der Waals surface area contributed by atoms with Crippen LogP contribution in [-0.2, 0) is 6.54 Å². The molecule has 3 aliphatic rings. The number of halogens is 1. The molecule has 1 N–H and O–H groups in total. The third-order valence-corrected chi connectivity index (χ3v) is 7.74. The monoisotopic (exact) mass is 440 g/mol. The van der Waals surface area contributed by atoms with Crippen LogP contribution in [0.3, 0.4) is 0 Å². The highest BCUT2D eigenvalue weighted by atomic mass is 35.5. The van der Waals surface area contributed by atoms with Crippen LogP contribution in [0.15, 0.2) is 40.0 Å². The highest BCUT2D eigenvalue weighted by molar-refractivity contribution is 6.32. The molecule has 3 fully saturated rings. The van der Waals surface area contributed by atoms with Crippen molar-refractivity contribution in [3.8, 4) is 11.4 Å². The molecule has 9 heteroatoms. The molecule has 0 radical (unpaired) electrons. The van der Waals surface area contributed by atoms with Crippen molar-refractivity contribution in [3.63, 3.8) is 0 Å². The number of nitrogens with one attached hydrogen (secondary N) is 1. The van der Waals surface area contributed by atoms with Gasteiger partial charge in [-0.3, -0.25) is 9.78 Å². The van der Waals surface area contributed by atoms with E-state index in [1.54, 1.807) is 30.7 Å². The summed E-state index contributed by atoms with van der Waals surface area (Å²) in [5.74, 6) is 2.64. The minimum absolute atomic E-state index is 0.0507. The molecule has 31 heavy (non-hydrogen) atoms. The van der Waals surface area contributed by atoms with Crippen molar-refractivity contribution in [2.24, 2.45) is 23.2 Å². The molecule has 8 nitrogen and oxygen atoms in total. The van der Waals surface area contributed by atoms with Crippen molar-refractivity contribution >= 4 is 17.3 Å². The SMILES string of the molecule is C[C@H]1[C@H](Nc2cnn(Cc3nc(-c4ccncc4)no3)c(=O)c2Cl)C[C@H]2C[C@@H]1C2(C)C. The lowest BCUT2D eigenvalue weighted by molar-refractivity contribution is -0.105. The van der Waals surface area contributed by atoms with Gasteiger partial charge in [0.25, 0.3) is 5.56 Å². The molecule has 3 aromatic rings. The van der Waals surface area contributed by atoms with Crippen LogP contribution in [0.25, 0.3) is 11.4 Å². The van der Waals surface area contributed by atoms with Crippen LogP contribution in [-0.4, -0.2) is 30.9 Å². The summed E-state index contributed by atoms with van der Waals surface area (Å²) in [5.41, 5.74) is 1.39. The first-order valence-electron chi connectivity index (χ1n) is 10.6. The van der Waals surface area contributed by atoms with Gasteiger partial charge >= 0.3 is 0 Å². The van der Waals surface area contributed by atoms with Crippen LogP contribution in [0.1, 0.15) is 39.5 Å². The molecular weight excluding hydrogens is 416 g/mol. The highest BCUT2D eigenvalue weighted by Gasteiger charge is 2.56. The fraction of sp³-hybridized carbons (Fsp3) is 0.500. The third-order valence-electron chi connectivity index (χ3n) is 7.37. The molecule has 0 amide bonds. The van der Waals surface area contributed by atoms with E-state index in [4.69, 9.17) is 16.1 Å². The largest absolute Gasteiger partial charge is 0.379 e. The minimum Gasteiger partial charge on any atom is -0.379 e. The second-order valence-electron chi connectivity index (χ2n) is 9.29. The first kappa shape index (κ1) is 20.2. The van der Waals surface area contributed by atoms with Gasteiger partial charge in [0.2, 0.25) is 11.7 Å². The van der Waals surface area contributed by atoms with Crippen LogP contribution in [0.2, 0.25) is 5.02 Å². The van der Waals surface area contributed by atoms with E-state index in [0.717, 1.165) is 12.0 Å². The molecule has 0 unspecified atom stereocenters. The summed E-state index contributed by atoms with van der Waals surface area (Å²) in [6.45, 7) is 7.07. The Bertz CT molecular complexity index is 1160. The van der Waals surface area contributed by atoms with Gasteiger partial charge in [-0.2, -0.15) is 10.1 Å². The topological polar surface area (TPSA) is 98.7 Å². The van der Waals surface area contributed by atoms with Crippen LogP contribution < -0.4 is 10.9 Å². The van der Waals surface area contributed by atoms with Crippen LogP contribution in [0.4, 0.5) is 5.69 Å². The van der Waals surface area contributed by atoms with Gasteiger partial charge in [0.15, 0.2) is 0 Å². The third kappa shape index (κ3) is 3.43. The second-order valence-corrected chi connectivity index (χ2v) is 9.67. The Hall–Kier alpha value is -2.74. The quantitative estimate of drug-likeness (QED) is 0.642. The molecule has 0 aliphatic heterocycles. The summed E-state index contributed by atoms with van der Waals surface area (Å²) in [6, 6.07) is 3.87. The maximum Gasteiger partial charge on any atom is 0.288 e. The zero-order valence-electron chi connectivity index (χ0n) is 17.7. The Labute approximate surface area is 185 Å². The predicted molar refractivity (Wildman–Crippen MR) is 117 cm³/mol. The number of aromatic nitrogens is 5. The zero-order valence-corrected chi connectivity index (χ0v) is 18.5. The smallest absolute Gasteiger partial charge is 0.288 e. The Morgan fingerprint density at radius 1 is 1.29 bits per heavy atom. The Morgan fingerprint density at radius 3 is 2.77 bits per heavy atom. The number of pyridine rings is 1.